The first kappa shape index (κ1) is 14.1. The highest BCUT2D eigenvalue weighted by atomic mass is 16.6. The number of nitrogens with one attached hydrogen (secondary N) is 1. The third kappa shape index (κ3) is 3.39. The summed E-state index contributed by atoms with van der Waals surface area (Å²) in [5.41, 5.74) is 0.792. The molecule has 0 aliphatic carbocycles. The molecule has 1 unspecified atom stereocenters. The van der Waals surface area contributed by atoms with Crippen molar-refractivity contribution in [1.29, 1.82) is 0 Å². The zero-order valence-electron chi connectivity index (χ0n) is 11.4. The molecule has 0 aliphatic heterocycles. The van der Waals surface area contributed by atoms with E-state index in [0.29, 0.717) is 30.2 Å². The van der Waals surface area contributed by atoms with E-state index in [1.807, 2.05) is 6.92 Å². The Kier molecular flexibility index (Phi) is 4.41. The molecule has 0 spiro atoms. The lowest BCUT2D eigenvalue weighted by Gasteiger charge is -2.13. The highest BCUT2D eigenvalue weighted by molar-refractivity contribution is 5.41. The summed E-state index contributed by atoms with van der Waals surface area (Å²) in [5, 5.41) is 17.9. The second kappa shape index (κ2) is 6.25. The lowest BCUT2D eigenvalue weighted by Crippen LogP contribution is -2.22. The lowest BCUT2D eigenvalue weighted by molar-refractivity contribution is -0.385. The number of aromatic nitrogens is 2. The highest BCUT2D eigenvalue weighted by Gasteiger charge is 2.17. The minimum Gasteiger partial charge on any atom is -0.339 e. The predicted octanol–water partition coefficient (Wildman–Crippen LogP) is 2.18. The molecule has 0 bridgehead atoms. The molecule has 7 heteroatoms. The number of aryl methyl sites for hydroxylation is 1. The molecule has 1 aromatic carbocycles. The van der Waals surface area contributed by atoms with E-state index in [-0.39, 0.29) is 16.7 Å². The van der Waals surface area contributed by atoms with Crippen LogP contribution in [-0.2, 0) is 6.42 Å². The number of para-hydroxylation sites is 1. The summed E-state index contributed by atoms with van der Waals surface area (Å²) in [6, 6.07) is 6.60. The maximum atomic E-state index is 11.0. The van der Waals surface area contributed by atoms with Crippen LogP contribution in [0.2, 0.25) is 0 Å². The van der Waals surface area contributed by atoms with Crippen molar-refractivity contribution in [2.24, 2.45) is 0 Å². The zero-order valence-corrected chi connectivity index (χ0v) is 11.4. The fraction of sp³-hybridized carbons (Fsp3) is 0.385. The smallest absolute Gasteiger partial charge is 0.274 e. The molecular formula is C13H16N4O3. The fourth-order valence-electron chi connectivity index (χ4n) is 1.97. The molecule has 0 saturated carbocycles. The SMILES string of the molecule is Cc1noc(CCNC(C)c2ccccc2[N+](=O)[O-])n1. The predicted molar refractivity (Wildman–Crippen MR) is 72.3 cm³/mol. The van der Waals surface area contributed by atoms with E-state index in [9.17, 15) is 10.1 Å². The van der Waals surface area contributed by atoms with Gasteiger partial charge in [0.1, 0.15) is 0 Å². The van der Waals surface area contributed by atoms with Gasteiger partial charge in [-0.05, 0) is 13.8 Å². The standard InChI is InChI=1S/C13H16N4O3/c1-9(11-5-3-4-6-12(11)17(18)19)14-8-7-13-15-10(2)16-20-13/h3-6,9,14H,7-8H2,1-2H3. The number of hydrogen-bond acceptors (Lipinski definition) is 6. The van der Waals surface area contributed by atoms with Crippen molar-refractivity contribution in [3.63, 3.8) is 0 Å². The summed E-state index contributed by atoms with van der Waals surface area (Å²) in [7, 11) is 0. The number of hydrogen-bond donors (Lipinski definition) is 1. The summed E-state index contributed by atoms with van der Waals surface area (Å²) in [6.07, 6.45) is 0.589. The lowest BCUT2D eigenvalue weighted by atomic mass is 10.1. The van der Waals surface area contributed by atoms with E-state index in [1.165, 1.54) is 6.07 Å². The van der Waals surface area contributed by atoms with Crippen LogP contribution >= 0.6 is 0 Å². The van der Waals surface area contributed by atoms with Gasteiger partial charge in [0, 0.05) is 30.6 Å². The minimum absolute atomic E-state index is 0.124. The Hall–Kier alpha value is -2.28. The molecule has 2 rings (SSSR count). The molecule has 0 fully saturated rings. The van der Waals surface area contributed by atoms with Gasteiger partial charge < -0.3 is 9.84 Å². The van der Waals surface area contributed by atoms with Crippen LogP contribution in [0.15, 0.2) is 28.8 Å². The van der Waals surface area contributed by atoms with Crippen molar-refractivity contribution in [2.75, 3.05) is 6.54 Å². The first-order chi connectivity index (χ1) is 9.58. The fourth-order valence-corrected chi connectivity index (χ4v) is 1.97. The number of rotatable bonds is 6. The molecule has 1 atom stereocenters. The Bertz CT molecular complexity index is 597. The maximum Gasteiger partial charge on any atom is 0.274 e. The first-order valence-electron chi connectivity index (χ1n) is 6.34. The molecule has 0 saturated heterocycles. The number of nitrogens with zero attached hydrogens (tertiary/aromatic N) is 3. The summed E-state index contributed by atoms with van der Waals surface area (Å²) in [4.78, 5) is 14.7. The molecule has 1 N–H and O–H groups in total. The quantitative estimate of drug-likeness (QED) is 0.642. The summed E-state index contributed by atoms with van der Waals surface area (Å²) < 4.78 is 5.00. The summed E-state index contributed by atoms with van der Waals surface area (Å²) in [6.45, 7) is 4.26. The molecule has 0 radical (unpaired) electrons. The minimum atomic E-state index is -0.366. The van der Waals surface area contributed by atoms with E-state index in [0.717, 1.165) is 0 Å². The van der Waals surface area contributed by atoms with Crippen LogP contribution in [0.5, 0.6) is 0 Å². The molecule has 20 heavy (non-hydrogen) atoms. The Morgan fingerprint density at radius 3 is 2.85 bits per heavy atom. The molecule has 1 heterocycles. The Morgan fingerprint density at radius 2 is 2.20 bits per heavy atom. The molecule has 0 amide bonds. The zero-order chi connectivity index (χ0) is 14.5. The molecule has 106 valence electrons. The van der Waals surface area contributed by atoms with Crippen molar-refractivity contribution >= 4 is 5.69 Å². The van der Waals surface area contributed by atoms with Crippen molar-refractivity contribution in [1.82, 2.24) is 15.5 Å². The third-order valence-electron chi connectivity index (χ3n) is 2.96. The molecule has 7 nitrogen and oxygen atoms in total. The van der Waals surface area contributed by atoms with E-state index < -0.39 is 0 Å². The monoisotopic (exact) mass is 276 g/mol. The van der Waals surface area contributed by atoms with Gasteiger partial charge in [0.2, 0.25) is 5.89 Å². The van der Waals surface area contributed by atoms with E-state index in [2.05, 4.69) is 15.5 Å². The summed E-state index contributed by atoms with van der Waals surface area (Å²) in [5.74, 6) is 1.16. The van der Waals surface area contributed by atoms with Crippen molar-refractivity contribution in [3.05, 3.63) is 51.7 Å². The van der Waals surface area contributed by atoms with Gasteiger partial charge in [-0.15, -0.1) is 0 Å². The van der Waals surface area contributed by atoms with Crippen LogP contribution in [0.25, 0.3) is 0 Å². The van der Waals surface area contributed by atoms with E-state index in [4.69, 9.17) is 4.52 Å². The second-order valence-electron chi connectivity index (χ2n) is 4.48. The third-order valence-corrected chi connectivity index (χ3v) is 2.96. The average Bonchev–Trinajstić information content (AvgIpc) is 2.84. The van der Waals surface area contributed by atoms with Gasteiger partial charge in [-0.25, -0.2) is 0 Å². The van der Waals surface area contributed by atoms with Gasteiger partial charge in [-0.2, -0.15) is 4.98 Å². The van der Waals surface area contributed by atoms with Gasteiger partial charge in [-0.3, -0.25) is 10.1 Å². The van der Waals surface area contributed by atoms with Crippen LogP contribution in [0.1, 0.15) is 30.2 Å². The molecule has 0 aliphatic rings. The number of nitro benzene ring substituents is 1. The first-order valence-corrected chi connectivity index (χ1v) is 6.34. The normalized spacial score (nSPS) is 12.3. The molecular weight excluding hydrogens is 260 g/mol. The van der Waals surface area contributed by atoms with Crippen molar-refractivity contribution in [3.8, 4) is 0 Å². The van der Waals surface area contributed by atoms with Crippen LogP contribution in [-0.4, -0.2) is 21.6 Å². The Balaban J connectivity index is 1.95. The van der Waals surface area contributed by atoms with Gasteiger partial charge >= 0.3 is 0 Å². The van der Waals surface area contributed by atoms with E-state index >= 15 is 0 Å². The van der Waals surface area contributed by atoms with Crippen molar-refractivity contribution < 1.29 is 9.45 Å². The van der Waals surface area contributed by atoms with E-state index in [1.54, 1.807) is 25.1 Å². The average molecular weight is 276 g/mol. The van der Waals surface area contributed by atoms with Gasteiger partial charge in [-0.1, -0.05) is 23.4 Å². The second-order valence-corrected chi connectivity index (χ2v) is 4.48. The van der Waals surface area contributed by atoms with Crippen LogP contribution in [0.4, 0.5) is 5.69 Å². The topological polar surface area (TPSA) is 94.1 Å². The molecule has 1 aromatic heterocycles. The van der Waals surface area contributed by atoms with Gasteiger partial charge in [0.05, 0.1) is 4.92 Å². The maximum absolute atomic E-state index is 11.0. The Labute approximate surface area is 116 Å². The van der Waals surface area contributed by atoms with Crippen LogP contribution in [0, 0.1) is 17.0 Å². The highest BCUT2D eigenvalue weighted by Crippen LogP contribution is 2.24. The van der Waals surface area contributed by atoms with Crippen molar-refractivity contribution in [2.45, 2.75) is 26.3 Å². The van der Waals surface area contributed by atoms with Crippen LogP contribution < -0.4 is 5.32 Å². The van der Waals surface area contributed by atoms with Gasteiger partial charge in [0.25, 0.3) is 5.69 Å². The summed E-state index contributed by atoms with van der Waals surface area (Å²) >= 11 is 0. The Morgan fingerprint density at radius 1 is 1.45 bits per heavy atom. The number of nitro groups is 1. The van der Waals surface area contributed by atoms with Gasteiger partial charge in [0.15, 0.2) is 5.82 Å². The number of benzene rings is 1. The van der Waals surface area contributed by atoms with Crippen LogP contribution in [0.3, 0.4) is 0 Å². The molecule has 2 aromatic rings. The largest absolute Gasteiger partial charge is 0.339 e.